The molecule has 2 aliphatic rings. The molecule has 0 spiro atoms. The van der Waals surface area contributed by atoms with E-state index in [1.54, 1.807) is 0 Å². The first-order chi connectivity index (χ1) is 10.8. The zero-order chi connectivity index (χ0) is 15.4. The lowest BCUT2D eigenvalue weighted by molar-refractivity contribution is -0.136. The molecule has 2 aliphatic heterocycles. The molecule has 0 aliphatic carbocycles. The Morgan fingerprint density at radius 1 is 1.14 bits per heavy atom. The lowest BCUT2D eigenvalue weighted by atomic mass is 10.1. The van der Waals surface area contributed by atoms with E-state index in [2.05, 4.69) is 10.2 Å². The maximum atomic E-state index is 12.5. The SMILES string of the molecule is CCOc1ccc(OCC(=O)N2C3CCNCC2CC3)cc1. The van der Waals surface area contributed by atoms with E-state index in [1.807, 2.05) is 31.2 Å². The molecule has 5 heteroatoms. The van der Waals surface area contributed by atoms with Gasteiger partial charge in [-0.15, -0.1) is 0 Å². The van der Waals surface area contributed by atoms with Gasteiger partial charge in [0.15, 0.2) is 6.61 Å². The standard InChI is InChI=1S/C17H24N2O3/c1-2-21-15-5-7-16(8-6-15)22-12-17(20)19-13-3-4-14(19)11-18-10-9-13/h5-8,13-14,18H,2-4,9-12H2,1H3. The van der Waals surface area contributed by atoms with Gasteiger partial charge < -0.3 is 19.7 Å². The third-order valence-corrected chi connectivity index (χ3v) is 4.44. The van der Waals surface area contributed by atoms with Gasteiger partial charge in [0.1, 0.15) is 11.5 Å². The number of ether oxygens (including phenoxy) is 2. The van der Waals surface area contributed by atoms with Gasteiger partial charge in [0.05, 0.1) is 6.61 Å². The van der Waals surface area contributed by atoms with Crippen molar-refractivity contribution in [2.75, 3.05) is 26.3 Å². The Morgan fingerprint density at radius 2 is 1.82 bits per heavy atom. The van der Waals surface area contributed by atoms with Crippen molar-refractivity contribution < 1.29 is 14.3 Å². The van der Waals surface area contributed by atoms with Crippen molar-refractivity contribution in [3.05, 3.63) is 24.3 Å². The smallest absolute Gasteiger partial charge is 0.261 e. The summed E-state index contributed by atoms with van der Waals surface area (Å²) in [6.45, 7) is 4.62. The van der Waals surface area contributed by atoms with Crippen LogP contribution in [-0.2, 0) is 4.79 Å². The Hall–Kier alpha value is -1.75. The van der Waals surface area contributed by atoms with Crippen molar-refractivity contribution in [2.24, 2.45) is 0 Å². The molecular formula is C17H24N2O3. The fraction of sp³-hybridized carbons (Fsp3) is 0.588. The highest BCUT2D eigenvalue weighted by Crippen LogP contribution is 2.28. The molecule has 1 N–H and O–H groups in total. The average molecular weight is 304 g/mol. The summed E-state index contributed by atoms with van der Waals surface area (Å²) < 4.78 is 11.0. The predicted molar refractivity (Wildman–Crippen MR) is 84.2 cm³/mol. The van der Waals surface area contributed by atoms with E-state index in [0.717, 1.165) is 38.1 Å². The van der Waals surface area contributed by atoms with Crippen LogP contribution in [0.25, 0.3) is 0 Å². The molecular weight excluding hydrogens is 280 g/mol. The van der Waals surface area contributed by atoms with E-state index in [9.17, 15) is 4.79 Å². The first-order valence-electron chi connectivity index (χ1n) is 8.15. The summed E-state index contributed by atoms with van der Waals surface area (Å²) in [6.07, 6.45) is 3.28. The highest BCUT2D eigenvalue weighted by molar-refractivity contribution is 5.79. The first kappa shape index (κ1) is 15.2. The highest BCUT2D eigenvalue weighted by Gasteiger charge is 2.37. The number of amides is 1. The molecule has 5 nitrogen and oxygen atoms in total. The molecule has 1 aromatic carbocycles. The van der Waals surface area contributed by atoms with E-state index in [0.29, 0.717) is 24.4 Å². The summed E-state index contributed by atoms with van der Waals surface area (Å²) in [5, 5.41) is 3.41. The lowest BCUT2D eigenvalue weighted by Crippen LogP contribution is -2.44. The summed E-state index contributed by atoms with van der Waals surface area (Å²) in [6, 6.07) is 8.14. The van der Waals surface area contributed by atoms with Gasteiger partial charge in [-0.05, 0) is 57.0 Å². The van der Waals surface area contributed by atoms with Crippen molar-refractivity contribution in [3.63, 3.8) is 0 Å². The molecule has 3 rings (SSSR count). The fourth-order valence-electron chi connectivity index (χ4n) is 3.41. The molecule has 1 aromatic rings. The Kier molecular flexibility index (Phi) is 4.83. The highest BCUT2D eigenvalue weighted by atomic mass is 16.5. The Morgan fingerprint density at radius 3 is 2.55 bits per heavy atom. The minimum absolute atomic E-state index is 0.102. The predicted octanol–water partition coefficient (Wildman–Crippen LogP) is 1.82. The number of nitrogens with zero attached hydrogens (tertiary/aromatic N) is 1. The Bertz CT molecular complexity index is 489. The molecule has 2 atom stereocenters. The van der Waals surface area contributed by atoms with E-state index in [1.165, 1.54) is 0 Å². The van der Waals surface area contributed by atoms with Gasteiger partial charge in [-0.25, -0.2) is 0 Å². The van der Waals surface area contributed by atoms with E-state index in [-0.39, 0.29) is 12.5 Å². The van der Waals surface area contributed by atoms with Gasteiger partial charge in [0, 0.05) is 18.6 Å². The van der Waals surface area contributed by atoms with Crippen LogP contribution in [0.1, 0.15) is 26.2 Å². The molecule has 0 aromatic heterocycles. The van der Waals surface area contributed by atoms with Gasteiger partial charge in [-0.3, -0.25) is 4.79 Å². The molecule has 120 valence electrons. The van der Waals surface area contributed by atoms with E-state index in [4.69, 9.17) is 9.47 Å². The maximum absolute atomic E-state index is 12.5. The molecule has 2 heterocycles. The third kappa shape index (κ3) is 3.35. The number of carbonyl (C=O) groups is 1. The summed E-state index contributed by atoms with van der Waals surface area (Å²) in [5.74, 6) is 1.62. The zero-order valence-electron chi connectivity index (χ0n) is 13.1. The summed E-state index contributed by atoms with van der Waals surface area (Å²) in [4.78, 5) is 14.6. The summed E-state index contributed by atoms with van der Waals surface area (Å²) in [7, 11) is 0. The number of nitrogens with one attached hydrogen (secondary N) is 1. The molecule has 2 fully saturated rings. The minimum atomic E-state index is 0.102. The Labute approximate surface area is 131 Å². The number of fused-ring (bicyclic) bond motifs is 2. The monoisotopic (exact) mass is 304 g/mol. The number of hydrogen-bond donors (Lipinski definition) is 1. The van der Waals surface area contributed by atoms with Crippen molar-refractivity contribution in [1.29, 1.82) is 0 Å². The molecule has 0 radical (unpaired) electrons. The quantitative estimate of drug-likeness (QED) is 0.901. The lowest BCUT2D eigenvalue weighted by Gasteiger charge is -2.27. The molecule has 1 amide bonds. The molecule has 22 heavy (non-hydrogen) atoms. The van der Waals surface area contributed by atoms with Crippen molar-refractivity contribution in [2.45, 2.75) is 38.3 Å². The van der Waals surface area contributed by atoms with Crippen LogP contribution in [0.3, 0.4) is 0 Å². The second kappa shape index (κ2) is 7.01. The van der Waals surface area contributed by atoms with Crippen LogP contribution in [0.5, 0.6) is 11.5 Å². The minimum Gasteiger partial charge on any atom is -0.494 e. The van der Waals surface area contributed by atoms with Crippen LogP contribution in [0.15, 0.2) is 24.3 Å². The molecule has 2 bridgehead atoms. The summed E-state index contributed by atoms with van der Waals surface area (Å²) in [5.41, 5.74) is 0. The van der Waals surface area contributed by atoms with Crippen molar-refractivity contribution >= 4 is 5.91 Å². The number of carbonyl (C=O) groups excluding carboxylic acids is 1. The van der Waals surface area contributed by atoms with Gasteiger partial charge in [0.2, 0.25) is 0 Å². The van der Waals surface area contributed by atoms with E-state index < -0.39 is 0 Å². The van der Waals surface area contributed by atoms with E-state index >= 15 is 0 Å². The van der Waals surface area contributed by atoms with Crippen LogP contribution in [0.4, 0.5) is 0 Å². The second-order valence-electron chi connectivity index (χ2n) is 5.87. The van der Waals surface area contributed by atoms with Crippen molar-refractivity contribution in [3.8, 4) is 11.5 Å². The molecule has 0 saturated carbocycles. The van der Waals surface area contributed by atoms with Gasteiger partial charge >= 0.3 is 0 Å². The molecule has 2 unspecified atom stereocenters. The van der Waals surface area contributed by atoms with Crippen LogP contribution in [-0.4, -0.2) is 49.2 Å². The first-order valence-corrected chi connectivity index (χ1v) is 8.15. The second-order valence-corrected chi connectivity index (χ2v) is 5.87. The Balaban J connectivity index is 1.55. The number of benzene rings is 1. The average Bonchev–Trinajstić information content (AvgIpc) is 2.80. The van der Waals surface area contributed by atoms with Crippen LogP contribution in [0, 0.1) is 0 Å². The van der Waals surface area contributed by atoms with Gasteiger partial charge in [-0.2, -0.15) is 0 Å². The largest absolute Gasteiger partial charge is 0.494 e. The van der Waals surface area contributed by atoms with Crippen LogP contribution >= 0.6 is 0 Å². The fourth-order valence-corrected chi connectivity index (χ4v) is 3.41. The van der Waals surface area contributed by atoms with Crippen LogP contribution in [0.2, 0.25) is 0 Å². The van der Waals surface area contributed by atoms with Crippen LogP contribution < -0.4 is 14.8 Å². The number of hydrogen-bond acceptors (Lipinski definition) is 4. The normalized spacial score (nSPS) is 24.0. The topological polar surface area (TPSA) is 50.8 Å². The zero-order valence-corrected chi connectivity index (χ0v) is 13.1. The number of rotatable bonds is 5. The maximum Gasteiger partial charge on any atom is 0.261 e. The summed E-state index contributed by atoms with van der Waals surface area (Å²) >= 11 is 0. The van der Waals surface area contributed by atoms with Gasteiger partial charge in [-0.1, -0.05) is 0 Å². The molecule has 2 saturated heterocycles. The third-order valence-electron chi connectivity index (χ3n) is 4.44. The van der Waals surface area contributed by atoms with Gasteiger partial charge in [0.25, 0.3) is 5.91 Å². The van der Waals surface area contributed by atoms with Crippen molar-refractivity contribution in [1.82, 2.24) is 10.2 Å².